The first-order valence-corrected chi connectivity index (χ1v) is 3.23. The number of carbonyl (C=O) groups is 1. The topological polar surface area (TPSA) is 46.5 Å². The molecular weight excluding hydrogens is 177 g/mol. The molecule has 0 aromatic carbocycles. The molecule has 0 spiro atoms. The number of ether oxygens (including phenoxy) is 1. The molecule has 0 amide bonds. The van der Waals surface area contributed by atoms with E-state index in [1.807, 2.05) is 0 Å². The lowest BCUT2D eigenvalue weighted by Crippen LogP contribution is -2.47. The van der Waals surface area contributed by atoms with E-state index in [0.29, 0.717) is 6.92 Å². The molecule has 0 radical (unpaired) electrons. The Morgan fingerprint density at radius 1 is 1.67 bits per heavy atom. The Labute approximate surface area is 66.1 Å². The number of ketones is 1. The van der Waals surface area contributed by atoms with Crippen molar-refractivity contribution < 1.29 is 27.8 Å². The highest BCUT2D eigenvalue weighted by Crippen LogP contribution is 2.39. The zero-order chi connectivity index (χ0) is 9.57. The summed E-state index contributed by atoms with van der Waals surface area (Å²) < 4.78 is 40.4. The molecule has 1 aliphatic heterocycles. The van der Waals surface area contributed by atoms with Crippen LogP contribution in [0.4, 0.5) is 13.2 Å². The fourth-order valence-corrected chi connectivity index (χ4v) is 0.958. The molecule has 0 unspecified atom stereocenters. The van der Waals surface area contributed by atoms with E-state index in [2.05, 4.69) is 4.74 Å². The van der Waals surface area contributed by atoms with Gasteiger partial charge in [0.1, 0.15) is 0 Å². The summed E-state index contributed by atoms with van der Waals surface area (Å²) in [5, 5.41) is 8.66. The second-order valence-corrected chi connectivity index (χ2v) is 2.73. The van der Waals surface area contributed by atoms with Gasteiger partial charge in [0.25, 0.3) is 0 Å². The van der Waals surface area contributed by atoms with Gasteiger partial charge in [0.05, 0.1) is 6.42 Å². The predicted octanol–water partition coefficient (Wildman–Crippen LogP) is 0.615. The van der Waals surface area contributed by atoms with E-state index in [0.717, 1.165) is 0 Å². The standard InChI is InChI=1S/C6H7F3O3/c1-5(6(7,8)9)3(10)2-4(11)12-5/h4,11H,2H2,1H3/t4-,5+/m0/s1. The predicted molar refractivity (Wildman–Crippen MR) is 31.2 cm³/mol. The monoisotopic (exact) mass is 184 g/mol. The number of aliphatic hydroxyl groups excluding tert-OH is 1. The quantitative estimate of drug-likeness (QED) is 0.600. The number of Topliss-reactive ketones (excluding diaryl/α,β-unsaturated/α-hetero) is 1. The number of rotatable bonds is 0. The van der Waals surface area contributed by atoms with Crippen LogP contribution in [0.2, 0.25) is 0 Å². The van der Waals surface area contributed by atoms with Gasteiger partial charge in [-0.3, -0.25) is 4.79 Å². The molecule has 0 aromatic heterocycles. The minimum absolute atomic E-state index is 0.601. The average molecular weight is 184 g/mol. The van der Waals surface area contributed by atoms with Gasteiger partial charge in [-0.25, -0.2) is 0 Å². The molecule has 1 aliphatic rings. The van der Waals surface area contributed by atoms with Gasteiger partial charge in [-0.05, 0) is 6.92 Å². The van der Waals surface area contributed by atoms with E-state index in [1.165, 1.54) is 0 Å². The van der Waals surface area contributed by atoms with Gasteiger partial charge in [-0.2, -0.15) is 13.2 Å². The molecule has 2 atom stereocenters. The van der Waals surface area contributed by atoms with E-state index >= 15 is 0 Å². The maximum absolute atomic E-state index is 12.1. The molecule has 70 valence electrons. The van der Waals surface area contributed by atoms with Crippen LogP contribution in [-0.2, 0) is 9.53 Å². The van der Waals surface area contributed by atoms with Crippen LogP contribution < -0.4 is 0 Å². The molecule has 0 bridgehead atoms. The van der Waals surface area contributed by atoms with Gasteiger partial charge in [0, 0.05) is 0 Å². The summed E-state index contributed by atoms with van der Waals surface area (Å²) >= 11 is 0. The lowest BCUT2D eigenvalue weighted by Gasteiger charge is -2.24. The Bertz CT molecular complexity index is 213. The molecule has 3 nitrogen and oxygen atoms in total. The summed E-state index contributed by atoms with van der Waals surface area (Å²) in [6.45, 7) is 0.617. The third-order valence-corrected chi connectivity index (χ3v) is 1.80. The van der Waals surface area contributed by atoms with E-state index in [1.54, 1.807) is 0 Å². The molecule has 0 aromatic rings. The molecular formula is C6H7F3O3. The maximum Gasteiger partial charge on any atom is 0.424 e. The zero-order valence-corrected chi connectivity index (χ0v) is 6.18. The Kier molecular flexibility index (Phi) is 1.92. The van der Waals surface area contributed by atoms with E-state index in [4.69, 9.17) is 5.11 Å². The molecule has 1 rings (SSSR count). The Morgan fingerprint density at radius 2 is 2.17 bits per heavy atom. The van der Waals surface area contributed by atoms with Crippen LogP contribution in [0.1, 0.15) is 13.3 Å². The van der Waals surface area contributed by atoms with Crippen LogP contribution in [0.15, 0.2) is 0 Å². The summed E-state index contributed by atoms with van der Waals surface area (Å²) in [6.07, 6.45) is -7.00. The van der Waals surface area contributed by atoms with Crippen molar-refractivity contribution in [1.29, 1.82) is 0 Å². The van der Waals surface area contributed by atoms with Crippen LogP contribution in [0.5, 0.6) is 0 Å². The van der Waals surface area contributed by atoms with Crippen molar-refractivity contribution in [2.45, 2.75) is 31.4 Å². The molecule has 1 saturated heterocycles. The fourth-order valence-electron chi connectivity index (χ4n) is 0.958. The number of halogens is 3. The Morgan fingerprint density at radius 3 is 2.33 bits per heavy atom. The van der Waals surface area contributed by atoms with Crippen LogP contribution in [0.25, 0.3) is 0 Å². The van der Waals surface area contributed by atoms with Gasteiger partial charge < -0.3 is 9.84 Å². The van der Waals surface area contributed by atoms with Crippen molar-refractivity contribution in [2.24, 2.45) is 0 Å². The van der Waals surface area contributed by atoms with Crippen LogP contribution in [0, 0.1) is 0 Å². The fraction of sp³-hybridized carbons (Fsp3) is 0.833. The third-order valence-electron chi connectivity index (χ3n) is 1.80. The van der Waals surface area contributed by atoms with Crippen LogP contribution in [0.3, 0.4) is 0 Å². The van der Waals surface area contributed by atoms with Crippen molar-refractivity contribution >= 4 is 5.78 Å². The average Bonchev–Trinajstić information content (AvgIpc) is 2.06. The summed E-state index contributed by atoms with van der Waals surface area (Å²) in [4.78, 5) is 10.7. The first-order valence-electron chi connectivity index (χ1n) is 3.23. The van der Waals surface area contributed by atoms with Gasteiger partial charge in [-0.15, -0.1) is 0 Å². The van der Waals surface area contributed by atoms with Crippen molar-refractivity contribution in [3.8, 4) is 0 Å². The zero-order valence-electron chi connectivity index (χ0n) is 6.18. The summed E-state index contributed by atoms with van der Waals surface area (Å²) in [5.41, 5.74) is -2.83. The largest absolute Gasteiger partial charge is 0.424 e. The molecule has 1 N–H and O–H groups in total. The molecule has 12 heavy (non-hydrogen) atoms. The SMILES string of the molecule is C[C@@]1(C(F)(F)F)O[C@H](O)CC1=O. The van der Waals surface area contributed by atoms with Gasteiger partial charge in [-0.1, -0.05) is 0 Å². The minimum atomic E-state index is -4.76. The number of hydrogen-bond donors (Lipinski definition) is 1. The lowest BCUT2D eigenvalue weighted by molar-refractivity contribution is -0.275. The summed E-state index contributed by atoms with van der Waals surface area (Å²) in [6, 6.07) is 0. The summed E-state index contributed by atoms with van der Waals surface area (Å²) in [7, 11) is 0. The number of alkyl halides is 3. The molecule has 0 saturated carbocycles. The lowest BCUT2D eigenvalue weighted by atomic mass is 10.0. The number of carbonyl (C=O) groups excluding carboxylic acids is 1. The number of aliphatic hydroxyl groups is 1. The highest BCUT2D eigenvalue weighted by atomic mass is 19.4. The normalized spacial score (nSPS) is 37.4. The van der Waals surface area contributed by atoms with Gasteiger partial charge in [0.2, 0.25) is 5.60 Å². The van der Waals surface area contributed by atoms with E-state index in [9.17, 15) is 18.0 Å². The highest BCUT2D eigenvalue weighted by Gasteiger charge is 2.62. The Balaban J connectivity index is 2.93. The van der Waals surface area contributed by atoms with Crippen molar-refractivity contribution in [3.05, 3.63) is 0 Å². The Hall–Kier alpha value is -0.620. The van der Waals surface area contributed by atoms with Crippen molar-refractivity contribution in [3.63, 3.8) is 0 Å². The maximum atomic E-state index is 12.1. The summed E-state index contributed by atoms with van der Waals surface area (Å²) in [5.74, 6) is -1.14. The molecule has 1 heterocycles. The highest BCUT2D eigenvalue weighted by molar-refractivity contribution is 5.89. The van der Waals surface area contributed by atoms with E-state index < -0.39 is 30.3 Å². The van der Waals surface area contributed by atoms with Crippen LogP contribution in [-0.4, -0.2) is 29.0 Å². The molecule has 6 heteroatoms. The second kappa shape index (κ2) is 2.43. The van der Waals surface area contributed by atoms with Gasteiger partial charge in [0.15, 0.2) is 12.1 Å². The van der Waals surface area contributed by atoms with E-state index in [-0.39, 0.29) is 0 Å². The smallest absolute Gasteiger partial charge is 0.368 e. The number of hydrogen-bond acceptors (Lipinski definition) is 3. The van der Waals surface area contributed by atoms with Crippen molar-refractivity contribution in [2.75, 3.05) is 0 Å². The minimum Gasteiger partial charge on any atom is -0.368 e. The molecule has 1 fully saturated rings. The third kappa shape index (κ3) is 1.21. The molecule has 0 aliphatic carbocycles. The van der Waals surface area contributed by atoms with Gasteiger partial charge >= 0.3 is 6.18 Å². The van der Waals surface area contributed by atoms with Crippen molar-refractivity contribution in [1.82, 2.24) is 0 Å². The second-order valence-electron chi connectivity index (χ2n) is 2.73. The first kappa shape index (κ1) is 9.47. The first-order chi connectivity index (χ1) is 5.27. The van der Waals surface area contributed by atoms with Crippen LogP contribution >= 0.6 is 0 Å².